The highest BCUT2D eigenvalue weighted by Crippen LogP contribution is 2.34. The van der Waals surface area contributed by atoms with Crippen molar-refractivity contribution >= 4 is 33.1 Å². The quantitative estimate of drug-likeness (QED) is 0.669. The van der Waals surface area contributed by atoms with Gasteiger partial charge in [0.25, 0.3) is 0 Å². The van der Waals surface area contributed by atoms with Crippen LogP contribution in [0, 0.1) is 0 Å². The number of hydrogen-bond donors (Lipinski definition) is 3. The average Bonchev–Trinajstić information content (AvgIpc) is 3.26. The summed E-state index contributed by atoms with van der Waals surface area (Å²) in [5.74, 6) is 1.26. The molecule has 2 amide bonds. The molecule has 1 atom stereocenters. The molecule has 7 heteroatoms. The fourth-order valence-corrected chi connectivity index (χ4v) is 3.71. The monoisotopic (exact) mass is 356 g/mol. The second-order valence-corrected chi connectivity index (χ2v) is 6.52. The molecule has 2 heterocycles. The SMILES string of the molecule is O=C(NC[C@H](O)c1csc2ccccc12)Nc1ccc2c(c1)OCO2. The maximum Gasteiger partial charge on any atom is 0.319 e. The predicted octanol–water partition coefficient (Wildman–Crippen LogP) is 3.49. The van der Waals surface area contributed by atoms with Crippen LogP contribution in [0.3, 0.4) is 0 Å². The summed E-state index contributed by atoms with van der Waals surface area (Å²) in [7, 11) is 0. The smallest absolute Gasteiger partial charge is 0.319 e. The van der Waals surface area contributed by atoms with Crippen LogP contribution >= 0.6 is 11.3 Å². The van der Waals surface area contributed by atoms with Gasteiger partial charge in [0.1, 0.15) is 0 Å². The lowest BCUT2D eigenvalue weighted by molar-refractivity contribution is 0.174. The summed E-state index contributed by atoms with van der Waals surface area (Å²) in [6, 6.07) is 12.7. The summed E-state index contributed by atoms with van der Waals surface area (Å²) in [4.78, 5) is 12.0. The molecule has 0 radical (unpaired) electrons. The third-order valence-electron chi connectivity index (χ3n) is 3.96. The van der Waals surface area contributed by atoms with E-state index in [4.69, 9.17) is 9.47 Å². The lowest BCUT2D eigenvalue weighted by Gasteiger charge is -2.12. The molecule has 1 aliphatic heterocycles. The summed E-state index contributed by atoms with van der Waals surface area (Å²) in [6.45, 7) is 0.308. The maximum absolute atomic E-state index is 12.0. The average molecular weight is 356 g/mol. The van der Waals surface area contributed by atoms with E-state index in [1.807, 2.05) is 29.6 Å². The van der Waals surface area contributed by atoms with Crippen molar-refractivity contribution in [3.63, 3.8) is 0 Å². The molecule has 0 fully saturated rings. The van der Waals surface area contributed by atoms with Crippen LogP contribution in [-0.4, -0.2) is 24.5 Å². The van der Waals surface area contributed by atoms with E-state index < -0.39 is 12.1 Å². The Labute approximate surface area is 148 Å². The van der Waals surface area contributed by atoms with Crippen molar-refractivity contribution in [1.29, 1.82) is 0 Å². The van der Waals surface area contributed by atoms with Crippen molar-refractivity contribution in [2.45, 2.75) is 6.10 Å². The molecule has 0 saturated carbocycles. The summed E-state index contributed by atoms with van der Waals surface area (Å²) >= 11 is 1.58. The number of urea groups is 1. The molecule has 3 aromatic rings. The zero-order valence-corrected chi connectivity index (χ0v) is 14.0. The van der Waals surface area contributed by atoms with Crippen LogP contribution in [0.15, 0.2) is 47.8 Å². The second-order valence-electron chi connectivity index (χ2n) is 5.61. The topological polar surface area (TPSA) is 79.8 Å². The van der Waals surface area contributed by atoms with Gasteiger partial charge in [-0.05, 0) is 29.0 Å². The van der Waals surface area contributed by atoms with Gasteiger partial charge in [-0.25, -0.2) is 4.79 Å². The van der Waals surface area contributed by atoms with Gasteiger partial charge in [-0.1, -0.05) is 18.2 Å². The van der Waals surface area contributed by atoms with Crippen molar-refractivity contribution in [2.75, 3.05) is 18.7 Å². The summed E-state index contributed by atoms with van der Waals surface area (Å²) < 4.78 is 11.6. The van der Waals surface area contributed by atoms with E-state index in [9.17, 15) is 9.90 Å². The largest absolute Gasteiger partial charge is 0.454 e. The van der Waals surface area contributed by atoms with Crippen LogP contribution < -0.4 is 20.1 Å². The van der Waals surface area contributed by atoms with Gasteiger partial charge in [-0.2, -0.15) is 0 Å². The first-order valence-electron chi connectivity index (χ1n) is 7.79. The summed E-state index contributed by atoms with van der Waals surface area (Å²) in [6.07, 6.45) is -0.765. The number of aliphatic hydroxyl groups is 1. The Bertz CT molecular complexity index is 924. The standard InChI is InChI=1S/C18H16N2O4S/c21-14(13-9-25-17-4-2-1-3-12(13)17)8-19-18(22)20-11-5-6-15-16(7-11)24-10-23-15/h1-7,9,14,21H,8,10H2,(H2,19,20,22)/t14-/m0/s1. The Morgan fingerprint density at radius 1 is 1.20 bits per heavy atom. The van der Waals surface area contributed by atoms with Crippen LogP contribution in [-0.2, 0) is 0 Å². The highest BCUT2D eigenvalue weighted by atomic mass is 32.1. The number of carbonyl (C=O) groups is 1. The van der Waals surface area contributed by atoms with Crippen LogP contribution in [0.5, 0.6) is 11.5 Å². The molecule has 0 spiro atoms. The number of amides is 2. The number of rotatable bonds is 4. The van der Waals surface area contributed by atoms with Gasteiger partial charge in [0.2, 0.25) is 6.79 Å². The minimum Gasteiger partial charge on any atom is -0.454 e. The van der Waals surface area contributed by atoms with E-state index in [-0.39, 0.29) is 13.3 Å². The van der Waals surface area contributed by atoms with Crippen molar-refractivity contribution in [3.8, 4) is 11.5 Å². The van der Waals surface area contributed by atoms with Crippen LogP contribution in [0.25, 0.3) is 10.1 Å². The van der Waals surface area contributed by atoms with Crippen LogP contribution in [0.2, 0.25) is 0 Å². The van der Waals surface area contributed by atoms with Crippen molar-refractivity contribution in [3.05, 3.63) is 53.4 Å². The minimum atomic E-state index is -0.765. The van der Waals surface area contributed by atoms with E-state index in [1.165, 1.54) is 0 Å². The lowest BCUT2D eigenvalue weighted by atomic mass is 10.1. The van der Waals surface area contributed by atoms with Gasteiger partial charge in [-0.3, -0.25) is 0 Å². The van der Waals surface area contributed by atoms with E-state index in [2.05, 4.69) is 10.6 Å². The van der Waals surface area contributed by atoms with Gasteiger partial charge in [0.05, 0.1) is 6.10 Å². The van der Waals surface area contributed by atoms with Crippen LogP contribution in [0.4, 0.5) is 10.5 Å². The van der Waals surface area contributed by atoms with Crippen molar-refractivity contribution in [1.82, 2.24) is 5.32 Å². The van der Waals surface area contributed by atoms with E-state index in [0.29, 0.717) is 17.2 Å². The number of aliphatic hydroxyl groups excluding tert-OH is 1. The van der Waals surface area contributed by atoms with Gasteiger partial charge in [0, 0.05) is 28.6 Å². The number of benzene rings is 2. The Balaban J connectivity index is 1.37. The molecule has 0 aliphatic carbocycles. The summed E-state index contributed by atoms with van der Waals surface area (Å²) in [5.41, 5.74) is 1.42. The predicted molar refractivity (Wildman–Crippen MR) is 96.4 cm³/mol. The van der Waals surface area contributed by atoms with E-state index >= 15 is 0 Å². The first kappa shape index (κ1) is 15.7. The number of thiophene rings is 1. The zero-order chi connectivity index (χ0) is 17.2. The van der Waals surface area contributed by atoms with Gasteiger partial charge in [-0.15, -0.1) is 11.3 Å². The van der Waals surface area contributed by atoms with Crippen molar-refractivity contribution < 1.29 is 19.4 Å². The highest BCUT2D eigenvalue weighted by Gasteiger charge is 2.16. The molecule has 1 aliphatic rings. The van der Waals surface area contributed by atoms with Gasteiger partial charge < -0.3 is 25.2 Å². The number of fused-ring (bicyclic) bond motifs is 2. The lowest BCUT2D eigenvalue weighted by Crippen LogP contribution is -2.32. The summed E-state index contributed by atoms with van der Waals surface area (Å²) in [5, 5.41) is 18.7. The van der Waals surface area contributed by atoms with E-state index in [0.717, 1.165) is 15.6 Å². The number of hydrogen-bond acceptors (Lipinski definition) is 5. The highest BCUT2D eigenvalue weighted by molar-refractivity contribution is 7.17. The molecule has 1 aromatic heterocycles. The zero-order valence-electron chi connectivity index (χ0n) is 13.2. The normalized spacial score (nSPS) is 13.6. The third kappa shape index (κ3) is 3.24. The number of anilines is 1. The molecular formula is C18H16N2O4S. The van der Waals surface area contributed by atoms with Crippen LogP contribution in [0.1, 0.15) is 11.7 Å². The molecule has 0 saturated heterocycles. The molecule has 25 heavy (non-hydrogen) atoms. The Morgan fingerprint density at radius 2 is 2.04 bits per heavy atom. The number of ether oxygens (including phenoxy) is 2. The minimum absolute atomic E-state index is 0.122. The number of carbonyl (C=O) groups excluding carboxylic acids is 1. The fraction of sp³-hybridized carbons (Fsp3) is 0.167. The molecule has 0 unspecified atom stereocenters. The van der Waals surface area contributed by atoms with Crippen molar-refractivity contribution in [2.24, 2.45) is 0 Å². The molecule has 2 aromatic carbocycles. The first-order chi connectivity index (χ1) is 12.2. The molecular weight excluding hydrogens is 340 g/mol. The molecule has 3 N–H and O–H groups in total. The third-order valence-corrected chi connectivity index (χ3v) is 4.94. The number of nitrogens with one attached hydrogen (secondary N) is 2. The Kier molecular flexibility index (Phi) is 4.17. The Morgan fingerprint density at radius 3 is 2.96 bits per heavy atom. The molecule has 6 nitrogen and oxygen atoms in total. The molecule has 128 valence electrons. The second kappa shape index (κ2) is 6.62. The van der Waals surface area contributed by atoms with Gasteiger partial charge >= 0.3 is 6.03 Å². The van der Waals surface area contributed by atoms with E-state index in [1.54, 1.807) is 29.5 Å². The first-order valence-corrected chi connectivity index (χ1v) is 8.67. The Hall–Kier alpha value is -2.77. The fourth-order valence-electron chi connectivity index (χ4n) is 2.71. The molecule has 0 bridgehead atoms. The molecule has 4 rings (SSSR count). The van der Waals surface area contributed by atoms with Gasteiger partial charge in [0.15, 0.2) is 11.5 Å². The maximum atomic E-state index is 12.0.